The Kier molecular flexibility index (Phi) is 8.59. The predicted octanol–water partition coefficient (Wildman–Crippen LogP) is 8.69. The van der Waals surface area contributed by atoms with Gasteiger partial charge < -0.3 is 14.4 Å². The molecule has 0 aromatic heterocycles. The van der Waals surface area contributed by atoms with E-state index >= 15 is 0 Å². The highest BCUT2D eigenvalue weighted by molar-refractivity contribution is 6.11. The van der Waals surface area contributed by atoms with Gasteiger partial charge in [0.2, 0.25) is 0 Å². The monoisotopic (exact) mass is 563 g/mol. The molecule has 1 aliphatic heterocycles. The molecule has 0 N–H and O–H groups in total. The van der Waals surface area contributed by atoms with Crippen molar-refractivity contribution in [1.82, 2.24) is 4.90 Å². The van der Waals surface area contributed by atoms with E-state index in [0.29, 0.717) is 11.8 Å². The standard InChI is InChI=1S/C36H41N3O3/c1-26-13-17-30(18-14-26)38(32-21-23-33(41-2)24-22-32)31-19-15-27(16-20-31)25-34-35(40)39(29-11-7-4-8-12-29)36(42-34)37-28-9-5-3-6-10-28/h13-25,28-29H,3-12H2,1-2H3/b34-25+,37-36?. The Balaban J connectivity index is 1.28. The number of rotatable bonds is 7. The van der Waals surface area contributed by atoms with E-state index in [9.17, 15) is 4.79 Å². The largest absolute Gasteiger partial charge is 0.497 e. The summed E-state index contributed by atoms with van der Waals surface area (Å²) in [7, 11) is 1.68. The Hall–Kier alpha value is -4.06. The molecule has 42 heavy (non-hydrogen) atoms. The smallest absolute Gasteiger partial charge is 0.300 e. The van der Waals surface area contributed by atoms with Crippen LogP contribution in [0.3, 0.4) is 0 Å². The molecular weight excluding hydrogens is 522 g/mol. The van der Waals surface area contributed by atoms with Crippen molar-refractivity contribution in [3.63, 3.8) is 0 Å². The van der Waals surface area contributed by atoms with E-state index in [1.54, 1.807) is 7.11 Å². The summed E-state index contributed by atoms with van der Waals surface area (Å²) in [5.74, 6) is 1.13. The number of hydrogen-bond donors (Lipinski definition) is 0. The number of anilines is 3. The summed E-state index contributed by atoms with van der Waals surface area (Å²) < 4.78 is 11.6. The van der Waals surface area contributed by atoms with Crippen molar-refractivity contribution in [2.45, 2.75) is 83.2 Å². The number of benzene rings is 3. The summed E-state index contributed by atoms with van der Waals surface area (Å²) >= 11 is 0. The van der Waals surface area contributed by atoms with Gasteiger partial charge in [-0.15, -0.1) is 0 Å². The predicted molar refractivity (Wildman–Crippen MR) is 170 cm³/mol. The number of ether oxygens (including phenoxy) is 2. The summed E-state index contributed by atoms with van der Waals surface area (Å²) in [5.41, 5.74) is 5.26. The number of aliphatic imine (C=N–C) groups is 1. The van der Waals surface area contributed by atoms with Crippen LogP contribution >= 0.6 is 0 Å². The highest BCUT2D eigenvalue weighted by Gasteiger charge is 2.40. The van der Waals surface area contributed by atoms with Gasteiger partial charge in [-0.3, -0.25) is 9.69 Å². The molecule has 6 nitrogen and oxygen atoms in total. The lowest BCUT2D eigenvalue weighted by Gasteiger charge is -2.29. The first-order chi connectivity index (χ1) is 20.6. The molecule has 0 bridgehead atoms. The molecular formula is C36H41N3O3. The van der Waals surface area contributed by atoms with Gasteiger partial charge in [0.05, 0.1) is 13.2 Å². The zero-order valence-corrected chi connectivity index (χ0v) is 24.8. The fraction of sp³-hybridized carbons (Fsp3) is 0.389. The van der Waals surface area contributed by atoms with Crippen molar-refractivity contribution >= 4 is 35.1 Å². The maximum Gasteiger partial charge on any atom is 0.300 e. The van der Waals surface area contributed by atoms with E-state index < -0.39 is 0 Å². The molecule has 0 atom stereocenters. The SMILES string of the molecule is COc1ccc(N(c2ccc(C)cc2)c2ccc(/C=C3/OC(=NC4CCCCC4)N(C4CCCCC4)C3=O)cc2)cc1. The maximum atomic E-state index is 13.7. The van der Waals surface area contributed by atoms with E-state index in [2.05, 4.69) is 60.4 Å². The molecule has 218 valence electrons. The molecule has 3 fully saturated rings. The molecule has 2 saturated carbocycles. The van der Waals surface area contributed by atoms with Crippen LogP contribution in [0.2, 0.25) is 0 Å². The zero-order chi connectivity index (χ0) is 28.9. The van der Waals surface area contributed by atoms with Crippen LogP contribution in [-0.2, 0) is 9.53 Å². The molecule has 0 radical (unpaired) electrons. The minimum absolute atomic E-state index is 0.0555. The number of nitrogens with zero attached hydrogens (tertiary/aromatic N) is 3. The van der Waals surface area contributed by atoms with Crippen LogP contribution in [0, 0.1) is 6.92 Å². The quantitative estimate of drug-likeness (QED) is 0.270. The highest BCUT2D eigenvalue weighted by atomic mass is 16.5. The first-order valence-corrected chi connectivity index (χ1v) is 15.5. The van der Waals surface area contributed by atoms with Crippen LogP contribution in [-0.4, -0.2) is 36.0 Å². The maximum absolute atomic E-state index is 13.7. The minimum Gasteiger partial charge on any atom is -0.497 e. The second kappa shape index (κ2) is 12.8. The van der Waals surface area contributed by atoms with Crippen molar-refractivity contribution in [3.05, 3.63) is 89.7 Å². The normalized spacial score (nSPS) is 20.2. The van der Waals surface area contributed by atoms with Crippen molar-refractivity contribution < 1.29 is 14.3 Å². The lowest BCUT2D eigenvalue weighted by atomic mass is 9.94. The second-order valence-electron chi connectivity index (χ2n) is 11.7. The van der Waals surface area contributed by atoms with Gasteiger partial charge >= 0.3 is 6.02 Å². The Morgan fingerprint density at radius 3 is 1.93 bits per heavy atom. The Bertz CT molecular complexity index is 1420. The third-order valence-electron chi connectivity index (χ3n) is 8.72. The molecule has 0 spiro atoms. The number of amides is 1. The van der Waals surface area contributed by atoms with E-state index in [-0.39, 0.29) is 18.0 Å². The van der Waals surface area contributed by atoms with E-state index in [0.717, 1.165) is 66.9 Å². The number of carbonyl (C=O) groups is 1. The minimum atomic E-state index is -0.0555. The molecule has 1 heterocycles. The number of carbonyl (C=O) groups excluding carboxylic acids is 1. The summed E-state index contributed by atoms with van der Waals surface area (Å²) in [6, 6.07) is 25.8. The molecule has 0 unspecified atom stereocenters. The summed E-state index contributed by atoms with van der Waals surface area (Å²) in [4.78, 5) is 22.8. The van der Waals surface area contributed by atoms with Crippen LogP contribution in [0.5, 0.6) is 5.75 Å². The van der Waals surface area contributed by atoms with Crippen molar-refractivity contribution in [1.29, 1.82) is 0 Å². The zero-order valence-electron chi connectivity index (χ0n) is 24.8. The van der Waals surface area contributed by atoms with Gasteiger partial charge in [0.25, 0.3) is 5.91 Å². The Morgan fingerprint density at radius 2 is 1.33 bits per heavy atom. The summed E-state index contributed by atoms with van der Waals surface area (Å²) in [6.07, 6.45) is 13.3. The van der Waals surface area contributed by atoms with Gasteiger partial charge in [-0.25, -0.2) is 4.99 Å². The number of methoxy groups -OCH3 is 1. The van der Waals surface area contributed by atoms with Crippen LogP contribution in [0.1, 0.15) is 75.3 Å². The molecule has 2 aliphatic carbocycles. The van der Waals surface area contributed by atoms with Gasteiger partial charge in [-0.1, -0.05) is 68.4 Å². The van der Waals surface area contributed by atoms with Gasteiger partial charge in [-0.05, 0) is 92.8 Å². The van der Waals surface area contributed by atoms with Crippen LogP contribution in [0.25, 0.3) is 6.08 Å². The van der Waals surface area contributed by atoms with Crippen LogP contribution in [0.15, 0.2) is 83.5 Å². The topological polar surface area (TPSA) is 54.4 Å². The van der Waals surface area contributed by atoms with E-state index in [4.69, 9.17) is 14.5 Å². The second-order valence-corrected chi connectivity index (χ2v) is 11.7. The third-order valence-corrected chi connectivity index (χ3v) is 8.72. The molecule has 6 rings (SSSR count). The van der Waals surface area contributed by atoms with Crippen LogP contribution in [0.4, 0.5) is 17.1 Å². The summed E-state index contributed by atoms with van der Waals surface area (Å²) in [6.45, 7) is 2.09. The summed E-state index contributed by atoms with van der Waals surface area (Å²) in [5, 5.41) is 0. The fourth-order valence-electron chi connectivity index (χ4n) is 6.35. The first kappa shape index (κ1) is 28.1. The average molecular weight is 564 g/mol. The molecule has 3 aliphatic rings. The average Bonchev–Trinajstić information content (AvgIpc) is 3.34. The Morgan fingerprint density at radius 1 is 0.786 bits per heavy atom. The molecule has 1 amide bonds. The first-order valence-electron chi connectivity index (χ1n) is 15.5. The lowest BCUT2D eigenvalue weighted by Crippen LogP contribution is -2.41. The third kappa shape index (κ3) is 6.23. The van der Waals surface area contributed by atoms with Crippen molar-refractivity contribution in [2.75, 3.05) is 12.0 Å². The van der Waals surface area contributed by atoms with Gasteiger partial charge in [0.1, 0.15) is 5.75 Å². The lowest BCUT2D eigenvalue weighted by molar-refractivity contribution is -0.124. The number of amidine groups is 1. The molecule has 3 aromatic carbocycles. The van der Waals surface area contributed by atoms with Crippen molar-refractivity contribution in [2.24, 2.45) is 4.99 Å². The van der Waals surface area contributed by atoms with Gasteiger partial charge in [-0.2, -0.15) is 0 Å². The van der Waals surface area contributed by atoms with Crippen LogP contribution < -0.4 is 9.64 Å². The molecule has 3 aromatic rings. The Labute approximate surface area is 249 Å². The van der Waals surface area contributed by atoms with E-state index in [1.165, 1.54) is 31.2 Å². The molecule has 1 saturated heterocycles. The number of aryl methyl sites for hydroxylation is 1. The molecule has 6 heteroatoms. The van der Waals surface area contributed by atoms with Gasteiger partial charge in [0, 0.05) is 23.1 Å². The highest BCUT2D eigenvalue weighted by Crippen LogP contribution is 2.36. The van der Waals surface area contributed by atoms with Gasteiger partial charge in [0.15, 0.2) is 5.76 Å². The number of hydrogen-bond acceptors (Lipinski definition) is 5. The fourth-order valence-corrected chi connectivity index (χ4v) is 6.35. The van der Waals surface area contributed by atoms with Crippen molar-refractivity contribution in [3.8, 4) is 5.75 Å². The van der Waals surface area contributed by atoms with E-state index in [1.807, 2.05) is 35.2 Å².